The predicted octanol–water partition coefficient (Wildman–Crippen LogP) is 8.46. The summed E-state index contributed by atoms with van der Waals surface area (Å²) < 4.78 is 15.6. The average molecular weight is 628 g/mol. The second kappa shape index (κ2) is 10.4. The molecule has 6 aromatic rings. The molecule has 0 saturated heterocycles. The third kappa shape index (κ3) is 4.80. The van der Waals surface area contributed by atoms with Crippen LogP contribution in [0.25, 0.3) is 51.0 Å². The van der Waals surface area contributed by atoms with Gasteiger partial charge in [-0.05, 0) is 54.6 Å². The van der Waals surface area contributed by atoms with E-state index in [1.165, 1.54) is 0 Å². The number of aromatic nitrogens is 4. The van der Waals surface area contributed by atoms with Crippen LogP contribution >= 0.6 is 31.9 Å². The first-order chi connectivity index (χ1) is 18.6. The molecule has 186 valence electrons. The molecule has 0 amide bonds. The Bertz CT molecular complexity index is 1660. The number of rotatable bonds is 6. The van der Waals surface area contributed by atoms with Crippen molar-refractivity contribution in [2.24, 2.45) is 0 Å². The summed E-state index contributed by atoms with van der Waals surface area (Å²) in [6.07, 6.45) is 1.88. The van der Waals surface area contributed by atoms with Gasteiger partial charge >= 0.3 is 0 Å². The summed E-state index contributed by atoms with van der Waals surface area (Å²) in [4.78, 5) is 4.93. The fourth-order valence-corrected chi connectivity index (χ4v) is 4.72. The van der Waals surface area contributed by atoms with Gasteiger partial charge in [0.15, 0.2) is 5.76 Å². The van der Waals surface area contributed by atoms with Crippen molar-refractivity contribution in [1.82, 2.24) is 20.0 Å². The maximum Gasteiger partial charge on any atom is 0.227 e. The van der Waals surface area contributed by atoms with Crippen molar-refractivity contribution in [2.75, 3.05) is 7.11 Å². The van der Waals surface area contributed by atoms with Crippen molar-refractivity contribution in [1.29, 1.82) is 0 Å². The van der Waals surface area contributed by atoms with E-state index in [-0.39, 0.29) is 0 Å². The zero-order chi connectivity index (χ0) is 26.1. The molecule has 0 aliphatic rings. The third-order valence-corrected chi connectivity index (χ3v) is 7.14. The Balaban J connectivity index is 1.41. The summed E-state index contributed by atoms with van der Waals surface area (Å²) in [6.45, 7) is 0. The Morgan fingerprint density at radius 1 is 0.763 bits per heavy atom. The van der Waals surface area contributed by atoms with E-state index >= 15 is 0 Å². The van der Waals surface area contributed by atoms with Crippen LogP contribution in [0.15, 0.2) is 117 Å². The second-order valence-electron chi connectivity index (χ2n) is 8.51. The lowest BCUT2D eigenvalue weighted by atomic mass is 10.1. The molecular formula is C30H20Br2N4O2. The molecule has 2 aromatic heterocycles. The highest BCUT2D eigenvalue weighted by molar-refractivity contribution is 9.10. The molecule has 4 aromatic carbocycles. The summed E-state index contributed by atoms with van der Waals surface area (Å²) >= 11 is 7.03. The van der Waals surface area contributed by atoms with Gasteiger partial charge in [-0.3, -0.25) is 0 Å². The number of para-hydroxylation sites is 1. The van der Waals surface area contributed by atoms with Crippen molar-refractivity contribution in [2.45, 2.75) is 0 Å². The highest BCUT2D eigenvalue weighted by Gasteiger charge is 2.19. The van der Waals surface area contributed by atoms with Crippen LogP contribution in [0.1, 0.15) is 0 Å². The van der Waals surface area contributed by atoms with E-state index in [2.05, 4.69) is 42.2 Å². The summed E-state index contributed by atoms with van der Waals surface area (Å²) in [6, 6.07) is 31.7. The molecule has 38 heavy (non-hydrogen) atoms. The van der Waals surface area contributed by atoms with E-state index in [0.717, 1.165) is 54.0 Å². The summed E-state index contributed by atoms with van der Waals surface area (Å²) in [5.41, 5.74) is 5.96. The van der Waals surface area contributed by atoms with Crippen molar-refractivity contribution in [3.63, 3.8) is 0 Å². The molecule has 0 aliphatic heterocycles. The number of benzene rings is 4. The van der Waals surface area contributed by atoms with Crippen molar-refractivity contribution in [3.05, 3.63) is 112 Å². The summed E-state index contributed by atoms with van der Waals surface area (Å²) in [7, 11) is 1.65. The lowest BCUT2D eigenvalue weighted by molar-refractivity contribution is 0.416. The quantitative estimate of drug-likeness (QED) is 0.185. The van der Waals surface area contributed by atoms with Crippen LogP contribution in [0.4, 0.5) is 0 Å². The number of oxazole rings is 1. The molecule has 2 heterocycles. The minimum atomic E-state index is 0.521. The van der Waals surface area contributed by atoms with E-state index in [1.807, 2.05) is 103 Å². The Kier molecular flexibility index (Phi) is 6.66. The third-order valence-electron chi connectivity index (χ3n) is 6.09. The highest BCUT2D eigenvalue weighted by Crippen LogP contribution is 2.37. The highest BCUT2D eigenvalue weighted by atomic mass is 79.9. The normalized spacial score (nSPS) is 11.0. The van der Waals surface area contributed by atoms with Crippen LogP contribution in [-0.4, -0.2) is 27.1 Å². The smallest absolute Gasteiger partial charge is 0.227 e. The van der Waals surface area contributed by atoms with Crippen LogP contribution < -0.4 is 4.74 Å². The van der Waals surface area contributed by atoms with E-state index in [9.17, 15) is 0 Å². The molecule has 0 aliphatic carbocycles. The Morgan fingerprint density at radius 2 is 1.47 bits per heavy atom. The largest absolute Gasteiger partial charge is 0.496 e. The van der Waals surface area contributed by atoms with Crippen LogP contribution in [0, 0.1) is 0 Å². The maximum absolute atomic E-state index is 6.41. The molecule has 0 atom stereocenters. The summed E-state index contributed by atoms with van der Waals surface area (Å²) in [5, 5.41) is 8.73. The van der Waals surface area contributed by atoms with Gasteiger partial charge in [-0.15, -0.1) is 5.10 Å². The number of methoxy groups -OCH3 is 1. The van der Waals surface area contributed by atoms with Gasteiger partial charge in [-0.25, -0.2) is 9.67 Å². The predicted molar refractivity (Wildman–Crippen MR) is 155 cm³/mol. The lowest BCUT2D eigenvalue weighted by Crippen LogP contribution is -1.95. The molecule has 0 N–H and O–H groups in total. The fourth-order valence-electron chi connectivity index (χ4n) is 4.20. The Morgan fingerprint density at radius 3 is 2.21 bits per heavy atom. The first-order valence-electron chi connectivity index (χ1n) is 11.8. The Labute approximate surface area is 236 Å². The standard InChI is InChI=1S/C30H20Br2N4O2/c1-37-27-8-3-2-7-25(27)26-18-36(35-34-26)24-6-4-5-21(17-24)30-33-28(19-9-13-22(31)14-10-19)29(38-30)20-11-15-23(32)16-12-20/h2-18H,1H3. The van der Waals surface area contributed by atoms with Gasteiger partial charge in [0.1, 0.15) is 17.1 Å². The monoisotopic (exact) mass is 626 g/mol. The van der Waals surface area contributed by atoms with Crippen LogP contribution in [-0.2, 0) is 0 Å². The maximum atomic E-state index is 6.41. The molecular weight excluding hydrogens is 608 g/mol. The van der Waals surface area contributed by atoms with Gasteiger partial charge in [-0.1, -0.05) is 79.5 Å². The number of nitrogens with zero attached hydrogens (tertiary/aromatic N) is 4. The molecule has 0 radical (unpaired) electrons. The molecule has 0 unspecified atom stereocenters. The average Bonchev–Trinajstić information content (AvgIpc) is 3.63. The van der Waals surface area contributed by atoms with E-state index in [4.69, 9.17) is 14.1 Å². The van der Waals surface area contributed by atoms with Gasteiger partial charge < -0.3 is 9.15 Å². The second-order valence-corrected chi connectivity index (χ2v) is 10.3. The zero-order valence-electron chi connectivity index (χ0n) is 20.2. The topological polar surface area (TPSA) is 66.0 Å². The zero-order valence-corrected chi connectivity index (χ0v) is 23.3. The van der Waals surface area contributed by atoms with Crippen molar-refractivity contribution < 1.29 is 9.15 Å². The van der Waals surface area contributed by atoms with Gasteiger partial charge in [-0.2, -0.15) is 0 Å². The van der Waals surface area contributed by atoms with Gasteiger partial charge in [0.05, 0.1) is 19.0 Å². The number of hydrogen-bond donors (Lipinski definition) is 0. The van der Waals surface area contributed by atoms with E-state index < -0.39 is 0 Å². The minimum absolute atomic E-state index is 0.521. The van der Waals surface area contributed by atoms with Crippen molar-refractivity contribution >= 4 is 31.9 Å². The van der Waals surface area contributed by atoms with Crippen LogP contribution in [0.3, 0.4) is 0 Å². The lowest BCUT2D eigenvalue weighted by Gasteiger charge is -2.04. The first-order valence-corrected chi connectivity index (χ1v) is 13.4. The molecule has 6 nitrogen and oxygen atoms in total. The Hall–Kier alpha value is -4.01. The molecule has 0 fully saturated rings. The van der Waals surface area contributed by atoms with Gasteiger partial charge in [0.2, 0.25) is 5.89 Å². The number of halogens is 2. The summed E-state index contributed by atoms with van der Waals surface area (Å²) in [5.74, 6) is 1.97. The molecule has 0 bridgehead atoms. The SMILES string of the molecule is COc1ccccc1-c1cn(-c2cccc(-c3nc(-c4ccc(Br)cc4)c(-c4ccc(Br)cc4)o3)c2)nn1. The van der Waals surface area contributed by atoms with Crippen molar-refractivity contribution in [3.8, 4) is 56.7 Å². The number of hydrogen-bond acceptors (Lipinski definition) is 5. The molecule has 0 spiro atoms. The molecule has 0 saturated carbocycles. The fraction of sp³-hybridized carbons (Fsp3) is 0.0333. The molecule has 6 rings (SSSR count). The van der Waals surface area contributed by atoms with E-state index in [1.54, 1.807) is 11.8 Å². The van der Waals surface area contributed by atoms with E-state index in [0.29, 0.717) is 11.7 Å². The number of ether oxygens (including phenoxy) is 1. The van der Waals surface area contributed by atoms with Gasteiger partial charge in [0, 0.05) is 31.2 Å². The minimum Gasteiger partial charge on any atom is -0.496 e. The van der Waals surface area contributed by atoms with Crippen LogP contribution in [0.5, 0.6) is 5.75 Å². The first kappa shape index (κ1) is 24.3. The van der Waals surface area contributed by atoms with Gasteiger partial charge in [0.25, 0.3) is 0 Å². The van der Waals surface area contributed by atoms with Crippen LogP contribution in [0.2, 0.25) is 0 Å². The molecule has 8 heteroatoms.